The highest BCUT2D eigenvalue weighted by molar-refractivity contribution is 6.06. The number of ether oxygens (including phenoxy) is 1. The second kappa shape index (κ2) is 8.92. The van der Waals surface area contributed by atoms with Crippen LogP contribution in [0.2, 0.25) is 0 Å². The van der Waals surface area contributed by atoms with Gasteiger partial charge >= 0.3 is 5.97 Å². The van der Waals surface area contributed by atoms with Crippen molar-refractivity contribution in [3.8, 4) is 5.75 Å². The molecule has 4 rings (SSSR count). The molecule has 2 aliphatic carbocycles. The maximum Gasteiger partial charge on any atom is 0.305 e. The fraction of sp³-hybridized carbons (Fsp3) is 0.400. The molecule has 31 heavy (non-hydrogen) atoms. The summed E-state index contributed by atoms with van der Waals surface area (Å²) in [5.41, 5.74) is 3.98. The van der Waals surface area contributed by atoms with E-state index in [1.165, 1.54) is 0 Å². The first-order valence-corrected chi connectivity index (χ1v) is 10.9. The summed E-state index contributed by atoms with van der Waals surface area (Å²) in [6.07, 6.45) is 5.45. The molecule has 0 aromatic heterocycles. The Morgan fingerprint density at radius 3 is 2.32 bits per heavy atom. The van der Waals surface area contributed by atoms with Gasteiger partial charge in [-0.05, 0) is 43.4 Å². The molecule has 1 aromatic carbocycles. The van der Waals surface area contributed by atoms with E-state index in [4.69, 9.17) is 4.74 Å². The number of carbonyl (C=O) groups is 3. The average Bonchev–Trinajstić information content (AvgIpc) is 2.76. The molecule has 1 aromatic rings. The standard InChI is InChI=1S/C25H27NO5/c1-2-14-31-17-7-3-6-16(15-17)23-24-18(8-4-10-20(24)27)26(13-12-22(29)30)19-9-5-11-21(28)25(19)23/h2-3,6-7,15,23H,1,4-5,8-14H2,(H,29,30). The van der Waals surface area contributed by atoms with Crippen LogP contribution in [0.4, 0.5) is 0 Å². The Labute approximate surface area is 181 Å². The summed E-state index contributed by atoms with van der Waals surface area (Å²) in [5, 5.41) is 9.26. The number of allylic oxidation sites excluding steroid dienone is 4. The van der Waals surface area contributed by atoms with Gasteiger partial charge in [0.05, 0.1) is 6.42 Å². The molecule has 0 radical (unpaired) electrons. The summed E-state index contributed by atoms with van der Waals surface area (Å²) in [6.45, 7) is 4.33. The number of Topliss-reactive ketones (excluding diaryl/α,β-unsaturated/α-hetero) is 2. The largest absolute Gasteiger partial charge is 0.490 e. The molecule has 1 heterocycles. The van der Waals surface area contributed by atoms with E-state index in [2.05, 4.69) is 6.58 Å². The fourth-order valence-corrected chi connectivity index (χ4v) is 4.97. The number of carbonyl (C=O) groups excluding carboxylic acids is 2. The van der Waals surface area contributed by atoms with Gasteiger partial charge in [0.25, 0.3) is 0 Å². The van der Waals surface area contributed by atoms with E-state index in [1.54, 1.807) is 6.08 Å². The number of nitrogens with zero attached hydrogens (tertiary/aromatic N) is 1. The zero-order valence-corrected chi connectivity index (χ0v) is 17.6. The minimum absolute atomic E-state index is 0.0362. The van der Waals surface area contributed by atoms with Crippen molar-refractivity contribution in [2.75, 3.05) is 13.2 Å². The monoisotopic (exact) mass is 421 g/mol. The van der Waals surface area contributed by atoms with Crippen LogP contribution >= 0.6 is 0 Å². The molecule has 6 heteroatoms. The highest BCUT2D eigenvalue weighted by Crippen LogP contribution is 2.49. The first kappa shape index (κ1) is 21.1. The van der Waals surface area contributed by atoms with Gasteiger partial charge in [-0.2, -0.15) is 0 Å². The van der Waals surface area contributed by atoms with Crippen LogP contribution in [0.3, 0.4) is 0 Å². The lowest BCUT2D eigenvalue weighted by molar-refractivity contribution is -0.137. The van der Waals surface area contributed by atoms with Crippen molar-refractivity contribution in [3.63, 3.8) is 0 Å². The van der Waals surface area contributed by atoms with Crippen molar-refractivity contribution in [1.82, 2.24) is 4.90 Å². The Kier molecular flexibility index (Phi) is 6.07. The van der Waals surface area contributed by atoms with E-state index in [0.717, 1.165) is 42.6 Å². The Morgan fingerprint density at radius 1 is 1.10 bits per heavy atom. The Bertz CT molecular complexity index is 959. The zero-order valence-electron chi connectivity index (χ0n) is 17.6. The smallest absolute Gasteiger partial charge is 0.305 e. The van der Waals surface area contributed by atoms with Crippen LogP contribution in [0.5, 0.6) is 5.75 Å². The maximum atomic E-state index is 13.2. The molecule has 3 aliphatic rings. The quantitative estimate of drug-likeness (QED) is 0.666. The number of ketones is 2. The summed E-state index contributed by atoms with van der Waals surface area (Å²) >= 11 is 0. The van der Waals surface area contributed by atoms with Crippen molar-refractivity contribution >= 4 is 17.5 Å². The SMILES string of the molecule is C=CCOc1cccc(C2C3=C(CCCC3=O)N(CCC(=O)O)C3=C2C(=O)CCC3)c1. The molecule has 0 atom stereocenters. The van der Waals surface area contributed by atoms with Crippen LogP contribution < -0.4 is 4.74 Å². The summed E-state index contributed by atoms with van der Waals surface area (Å²) in [5.74, 6) is -0.536. The number of rotatable bonds is 7. The van der Waals surface area contributed by atoms with Crippen molar-refractivity contribution in [2.24, 2.45) is 0 Å². The number of aliphatic carboxylic acids is 1. The van der Waals surface area contributed by atoms with Crippen LogP contribution in [-0.4, -0.2) is 40.7 Å². The topological polar surface area (TPSA) is 83.9 Å². The van der Waals surface area contributed by atoms with Gasteiger partial charge in [0.15, 0.2) is 11.6 Å². The van der Waals surface area contributed by atoms with Crippen molar-refractivity contribution < 1.29 is 24.2 Å². The van der Waals surface area contributed by atoms with Gasteiger partial charge in [-0.1, -0.05) is 24.8 Å². The maximum absolute atomic E-state index is 13.2. The first-order chi connectivity index (χ1) is 15.0. The van der Waals surface area contributed by atoms with Gasteiger partial charge in [-0.25, -0.2) is 0 Å². The molecular weight excluding hydrogens is 394 g/mol. The van der Waals surface area contributed by atoms with Gasteiger partial charge in [-0.3, -0.25) is 14.4 Å². The molecule has 0 amide bonds. The Balaban J connectivity index is 1.86. The minimum Gasteiger partial charge on any atom is -0.490 e. The van der Waals surface area contributed by atoms with Crippen LogP contribution in [-0.2, 0) is 14.4 Å². The van der Waals surface area contributed by atoms with Crippen LogP contribution in [0.25, 0.3) is 0 Å². The van der Waals surface area contributed by atoms with E-state index in [9.17, 15) is 19.5 Å². The van der Waals surface area contributed by atoms with Gasteiger partial charge in [-0.15, -0.1) is 0 Å². The molecule has 0 saturated heterocycles. The van der Waals surface area contributed by atoms with Gasteiger partial charge in [0.1, 0.15) is 12.4 Å². The van der Waals surface area contributed by atoms with E-state index < -0.39 is 11.9 Å². The molecular formula is C25H27NO5. The normalized spacial score (nSPS) is 19.3. The summed E-state index contributed by atoms with van der Waals surface area (Å²) in [6, 6.07) is 7.58. The number of benzene rings is 1. The summed E-state index contributed by atoms with van der Waals surface area (Å²) < 4.78 is 5.70. The molecule has 0 spiro atoms. The third-order valence-corrected chi connectivity index (χ3v) is 6.19. The predicted molar refractivity (Wildman–Crippen MR) is 116 cm³/mol. The second-order valence-corrected chi connectivity index (χ2v) is 8.17. The Hall–Kier alpha value is -3.15. The van der Waals surface area contributed by atoms with Gasteiger partial charge in [0.2, 0.25) is 0 Å². The summed E-state index contributed by atoms with van der Waals surface area (Å²) in [4.78, 5) is 39.6. The van der Waals surface area contributed by atoms with Crippen LogP contribution in [0.1, 0.15) is 56.4 Å². The minimum atomic E-state index is -0.886. The van der Waals surface area contributed by atoms with Crippen molar-refractivity contribution in [3.05, 3.63) is 65.0 Å². The van der Waals surface area contributed by atoms with Crippen molar-refractivity contribution in [1.29, 1.82) is 0 Å². The van der Waals surface area contributed by atoms with Crippen LogP contribution in [0.15, 0.2) is 59.5 Å². The molecule has 0 fully saturated rings. The average molecular weight is 421 g/mol. The number of carboxylic acids is 1. The van der Waals surface area contributed by atoms with E-state index >= 15 is 0 Å². The lowest BCUT2D eigenvalue weighted by Crippen LogP contribution is -2.39. The lowest BCUT2D eigenvalue weighted by atomic mass is 9.71. The van der Waals surface area contributed by atoms with Gasteiger partial charge < -0.3 is 14.7 Å². The van der Waals surface area contributed by atoms with E-state index in [-0.39, 0.29) is 24.5 Å². The molecule has 1 N–H and O–H groups in total. The molecule has 6 nitrogen and oxygen atoms in total. The third kappa shape index (κ3) is 4.07. The third-order valence-electron chi connectivity index (χ3n) is 6.19. The molecule has 162 valence electrons. The number of hydrogen-bond acceptors (Lipinski definition) is 5. The number of carboxylic acid groups (broad SMARTS) is 1. The lowest BCUT2D eigenvalue weighted by Gasteiger charge is -2.44. The molecule has 1 aliphatic heterocycles. The van der Waals surface area contributed by atoms with E-state index in [1.807, 2.05) is 29.2 Å². The Morgan fingerprint density at radius 2 is 1.74 bits per heavy atom. The molecule has 0 saturated carbocycles. The highest BCUT2D eigenvalue weighted by atomic mass is 16.5. The predicted octanol–water partition coefficient (Wildman–Crippen LogP) is 4.14. The molecule has 0 unspecified atom stereocenters. The molecule has 0 bridgehead atoms. The second-order valence-electron chi connectivity index (χ2n) is 8.17. The number of hydrogen-bond donors (Lipinski definition) is 1. The van der Waals surface area contributed by atoms with Crippen molar-refractivity contribution in [2.45, 2.75) is 50.9 Å². The van der Waals surface area contributed by atoms with E-state index in [0.29, 0.717) is 36.3 Å². The fourth-order valence-electron chi connectivity index (χ4n) is 4.97. The highest BCUT2D eigenvalue weighted by Gasteiger charge is 2.43. The van der Waals surface area contributed by atoms with Gasteiger partial charge in [0, 0.05) is 47.8 Å². The zero-order chi connectivity index (χ0) is 22.0. The first-order valence-electron chi connectivity index (χ1n) is 10.9. The van der Waals surface area contributed by atoms with Crippen LogP contribution in [0, 0.1) is 0 Å². The summed E-state index contributed by atoms with van der Waals surface area (Å²) in [7, 11) is 0.